The molecule has 3 N–H and O–H groups in total. The Hall–Kier alpha value is -1.59. The van der Waals surface area contributed by atoms with E-state index >= 15 is 0 Å². The number of aromatic amines is 1. The monoisotopic (exact) mass is 269 g/mol. The second-order valence-corrected chi connectivity index (χ2v) is 4.10. The van der Waals surface area contributed by atoms with Crippen molar-refractivity contribution in [2.24, 2.45) is 5.73 Å². The van der Waals surface area contributed by atoms with E-state index in [9.17, 15) is 4.39 Å². The van der Waals surface area contributed by atoms with E-state index in [1.807, 2.05) is 0 Å². The number of nitrogens with zero attached hydrogens (tertiary/aromatic N) is 1. The fourth-order valence-corrected chi connectivity index (χ4v) is 1.92. The predicted octanol–water partition coefficient (Wildman–Crippen LogP) is 2.38. The van der Waals surface area contributed by atoms with Crippen molar-refractivity contribution in [1.82, 2.24) is 9.97 Å². The molecule has 0 atom stereocenters. The quantitative estimate of drug-likeness (QED) is 0.896. The summed E-state index contributed by atoms with van der Waals surface area (Å²) < 4.78 is 18.4. The summed E-state index contributed by atoms with van der Waals surface area (Å²) >= 11 is 5.98. The predicted molar refractivity (Wildman–Crippen MR) is 68.3 cm³/mol. The van der Waals surface area contributed by atoms with Gasteiger partial charge in [-0.25, -0.2) is 9.37 Å². The Morgan fingerprint density at radius 3 is 2.94 bits per heavy atom. The summed E-state index contributed by atoms with van der Waals surface area (Å²) in [7, 11) is 1.52. The van der Waals surface area contributed by atoms with Gasteiger partial charge in [-0.3, -0.25) is 0 Å². The molecule has 0 amide bonds. The van der Waals surface area contributed by atoms with Gasteiger partial charge in [-0.15, -0.1) is 0 Å². The number of halogens is 2. The number of H-pyrrole nitrogens is 1. The number of hydrogen-bond donors (Lipinski definition) is 2. The van der Waals surface area contributed by atoms with Gasteiger partial charge in [0.15, 0.2) is 5.15 Å². The highest BCUT2D eigenvalue weighted by atomic mass is 35.5. The van der Waals surface area contributed by atoms with Crippen LogP contribution in [0.15, 0.2) is 18.2 Å². The maximum absolute atomic E-state index is 13.3. The summed E-state index contributed by atoms with van der Waals surface area (Å²) in [4.78, 5) is 7.19. The van der Waals surface area contributed by atoms with Crippen LogP contribution in [0.2, 0.25) is 5.15 Å². The highest BCUT2D eigenvalue weighted by Gasteiger charge is 2.14. The van der Waals surface area contributed by atoms with Crippen LogP contribution >= 0.6 is 11.6 Å². The van der Waals surface area contributed by atoms with Gasteiger partial charge in [0, 0.05) is 6.42 Å². The topological polar surface area (TPSA) is 63.9 Å². The summed E-state index contributed by atoms with van der Waals surface area (Å²) in [6.07, 6.45) is 0.587. The molecule has 2 rings (SSSR count). The SMILES string of the molecule is COc1ccc(F)cc1-c1nc(Cl)c(CCN)[nH]1. The number of rotatable bonds is 4. The van der Waals surface area contributed by atoms with Gasteiger partial charge in [-0.05, 0) is 24.7 Å². The van der Waals surface area contributed by atoms with Gasteiger partial charge in [0.2, 0.25) is 0 Å². The molecule has 0 unspecified atom stereocenters. The molecule has 96 valence electrons. The largest absolute Gasteiger partial charge is 0.496 e. The van der Waals surface area contributed by atoms with Crippen molar-refractivity contribution in [2.45, 2.75) is 6.42 Å². The van der Waals surface area contributed by atoms with Crippen LogP contribution in [0.4, 0.5) is 4.39 Å². The van der Waals surface area contributed by atoms with Crippen LogP contribution in [0.5, 0.6) is 5.75 Å². The molecule has 4 nitrogen and oxygen atoms in total. The number of hydrogen-bond acceptors (Lipinski definition) is 3. The first kappa shape index (κ1) is 12.9. The number of methoxy groups -OCH3 is 1. The number of nitrogens with one attached hydrogen (secondary N) is 1. The number of nitrogens with two attached hydrogens (primary N) is 1. The normalized spacial score (nSPS) is 10.7. The highest BCUT2D eigenvalue weighted by Crippen LogP contribution is 2.30. The molecule has 0 aliphatic carbocycles. The molecule has 0 saturated carbocycles. The molecule has 0 aliphatic rings. The molecule has 1 aromatic carbocycles. The fourth-order valence-electron chi connectivity index (χ4n) is 1.69. The minimum atomic E-state index is -0.362. The molecular weight excluding hydrogens is 257 g/mol. The van der Waals surface area contributed by atoms with E-state index in [1.54, 1.807) is 6.07 Å². The average Bonchev–Trinajstić information content (AvgIpc) is 2.71. The molecule has 0 fully saturated rings. The Labute approximate surface area is 109 Å². The van der Waals surface area contributed by atoms with Gasteiger partial charge in [-0.2, -0.15) is 0 Å². The second kappa shape index (κ2) is 5.37. The lowest BCUT2D eigenvalue weighted by Crippen LogP contribution is -2.03. The summed E-state index contributed by atoms with van der Waals surface area (Å²) in [5, 5.41) is 0.349. The van der Waals surface area contributed by atoms with Crippen LogP contribution in [-0.2, 0) is 6.42 Å². The first-order chi connectivity index (χ1) is 8.65. The van der Waals surface area contributed by atoms with Gasteiger partial charge < -0.3 is 15.5 Å². The zero-order valence-electron chi connectivity index (χ0n) is 9.84. The second-order valence-electron chi connectivity index (χ2n) is 3.74. The highest BCUT2D eigenvalue weighted by molar-refractivity contribution is 6.30. The summed E-state index contributed by atoms with van der Waals surface area (Å²) in [5.74, 6) is 0.639. The molecule has 0 radical (unpaired) electrons. The number of ether oxygens (including phenoxy) is 1. The minimum absolute atomic E-state index is 0.349. The lowest BCUT2D eigenvalue weighted by atomic mass is 10.2. The van der Waals surface area contributed by atoms with Crippen molar-refractivity contribution in [1.29, 1.82) is 0 Å². The molecule has 1 aromatic heterocycles. The van der Waals surface area contributed by atoms with Crippen molar-refractivity contribution in [2.75, 3.05) is 13.7 Å². The van der Waals surface area contributed by atoms with Crippen LogP contribution in [-0.4, -0.2) is 23.6 Å². The van der Waals surface area contributed by atoms with Crippen LogP contribution < -0.4 is 10.5 Å². The van der Waals surface area contributed by atoms with E-state index in [2.05, 4.69) is 9.97 Å². The standard InChI is InChI=1S/C12H13ClFN3O/c1-18-10-3-2-7(14)6-8(10)12-16-9(4-5-15)11(13)17-12/h2-3,6H,4-5,15H2,1H3,(H,16,17). The van der Waals surface area contributed by atoms with Crippen molar-refractivity contribution in [3.05, 3.63) is 34.9 Å². The van der Waals surface area contributed by atoms with Crippen molar-refractivity contribution < 1.29 is 9.13 Å². The molecule has 6 heteroatoms. The Balaban J connectivity index is 2.47. The van der Waals surface area contributed by atoms with Crippen molar-refractivity contribution in [3.63, 3.8) is 0 Å². The Bertz CT molecular complexity index is 556. The zero-order chi connectivity index (χ0) is 13.1. The van der Waals surface area contributed by atoms with E-state index < -0.39 is 0 Å². The number of imidazole rings is 1. The van der Waals surface area contributed by atoms with Crippen LogP contribution in [0.25, 0.3) is 11.4 Å². The van der Waals surface area contributed by atoms with E-state index in [4.69, 9.17) is 22.1 Å². The van der Waals surface area contributed by atoms with E-state index in [0.29, 0.717) is 35.3 Å². The van der Waals surface area contributed by atoms with Crippen LogP contribution in [0.1, 0.15) is 5.69 Å². The third-order valence-corrected chi connectivity index (χ3v) is 2.85. The lowest BCUT2D eigenvalue weighted by molar-refractivity contribution is 0.415. The van der Waals surface area contributed by atoms with E-state index in [-0.39, 0.29) is 5.82 Å². The summed E-state index contributed by atoms with van der Waals surface area (Å²) in [5.41, 5.74) is 6.73. The van der Waals surface area contributed by atoms with Gasteiger partial charge in [0.25, 0.3) is 0 Å². The Morgan fingerprint density at radius 2 is 2.28 bits per heavy atom. The molecule has 0 saturated heterocycles. The van der Waals surface area contributed by atoms with Crippen molar-refractivity contribution >= 4 is 11.6 Å². The van der Waals surface area contributed by atoms with Gasteiger partial charge in [-0.1, -0.05) is 11.6 Å². The molecule has 0 bridgehead atoms. The third kappa shape index (κ3) is 2.47. The average molecular weight is 270 g/mol. The van der Waals surface area contributed by atoms with E-state index in [0.717, 1.165) is 5.69 Å². The molecular formula is C12H13ClFN3O. The lowest BCUT2D eigenvalue weighted by Gasteiger charge is -2.05. The number of benzene rings is 1. The summed E-state index contributed by atoms with van der Waals surface area (Å²) in [6.45, 7) is 0.460. The summed E-state index contributed by atoms with van der Waals surface area (Å²) in [6, 6.07) is 4.22. The third-order valence-electron chi connectivity index (χ3n) is 2.54. The van der Waals surface area contributed by atoms with Gasteiger partial charge >= 0.3 is 0 Å². The Morgan fingerprint density at radius 1 is 1.50 bits per heavy atom. The maximum atomic E-state index is 13.3. The smallest absolute Gasteiger partial charge is 0.150 e. The van der Waals surface area contributed by atoms with Crippen molar-refractivity contribution in [3.8, 4) is 17.1 Å². The Kier molecular flexibility index (Phi) is 3.84. The molecule has 0 aliphatic heterocycles. The van der Waals surface area contributed by atoms with Gasteiger partial charge in [0.05, 0.1) is 18.4 Å². The molecule has 0 spiro atoms. The fraction of sp³-hybridized carbons (Fsp3) is 0.250. The molecule has 18 heavy (non-hydrogen) atoms. The number of aromatic nitrogens is 2. The minimum Gasteiger partial charge on any atom is -0.496 e. The van der Waals surface area contributed by atoms with Gasteiger partial charge in [0.1, 0.15) is 17.4 Å². The first-order valence-corrected chi connectivity index (χ1v) is 5.82. The zero-order valence-corrected chi connectivity index (χ0v) is 10.6. The van der Waals surface area contributed by atoms with E-state index in [1.165, 1.54) is 19.2 Å². The van der Waals surface area contributed by atoms with Crippen LogP contribution in [0, 0.1) is 5.82 Å². The first-order valence-electron chi connectivity index (χ1n) is 5.44. The maximum Gasteiger partial charge on any atom is 0.150 e. The van der Waals surface area contributed by atoms with Crippen LogP contribution in [0.3, 0.4) is 0 Å². The molecule has 2 aromatic rings. The molecule has 1 heterocycles.